The van der Waals surface area contributed by atoms with Crippen LogP contribution in [0.25, 0.3) is 0 Å². The van der Waals surface area contributed by atoms with Gasteiger partial charge in [0.15, 0.2) is 0 Å². The van der Waals surface area contributed by atoms with Crippen LogP contribution in [0.5, 0.6) is 0 Å². The number of nitrogens with two attached hydrogens (primary N) is 1. The van der Waals surface area contributed by atoms with Crippen molar-refractivity contribution in [1.29, 1.82) is 5.26 Å². The van der Waals surface area contributed by atoms with Crippen LogP contribution in [0.3, 0.4) is 0 Å². The van der Waals surface area contributed by atoms with Gasteiger partial charge in [-0.25, -0.2) is 0 Å². The minimum atomic E-state index is -0.426. The maximum atomic E-state index is 12.6. The van der Waals surface area contributed by atoms with Crippen molar-refractivity contribution in [3.8, 4) is 6.07 Å². The Morgan fingerprint density at radius 1 is 1.37 bits per heavy atom. The van der Waals surface area contributed by atoms with E-state index >= 15 is 0 Å². The zero-order valence-electron chi connectivity index (χ0n) is 11.2. The molecule has 1 aliphatic heterocycles. The first-order valence-corrected chi connectivity index (χ1v) is 7.29. The summed E-state index contributed by atoms with van der Waals surface area (Å²) in [6, 6.07) is 1.31. The van der Waals surface area contributed by atoms with E-state index in [2.05, 4.69) is 6.07 Å². The second kappa shape index (κ2) is 4.64. The molecule has 1 amide bonds. The van der Waals surface area contributed by atoms with Gasteiger partial charge in [-0.2, -0.15) is 5.26 Å². The van der Waals surface area contributed by atoms with Crippen LogP contribution in [-0.4, -0.2) is 29.4 Å². The molecule has 0 aromatic heterocycles. The number of rotatable bonds is 2. The van der Waals surface area contributed by atoms with E-state index in [9.17, 15) is 4.79 Å². The van der Waals surface area contributed by atoms with Gasteiger partial charge in [0.1, 0.15) is 6.04 Å². The van der Waals surface area contributed by atoms with E-state index in [0.717, 1.165) is 25.2 Å². The number of carbonyl (C=O) groups excluding carboxylic acids is 1. The number of amides is 1. The predicted octanol–water partition coefficient (Wildman–Crippen LogP) is 1.57. The molecule has 3 fully saturated rings. The summed E-state index contributed by atoms with van der Waals surface area (Å²) in [6.07, 6.45) is 10.6. The van der Waals surface area contributed by atoms with Crippen LogP contribution in [0.4, 0.5) is 0 Å². The first-order chi connectivity index (χ1) is 9.16. The van der Waals surface area contributed by atoms with Gasteiger partial charge in [-0.15, -0.1) is 0 Å². The van der Waals surface area contributed by atoms with Crippen molar-refractivity contribution in [1.82, 2.24) is 4.90 Å². The number of hydrogen-bond acceptors (Lipinski definition) is 3. The molecule has 2 N–H and O–H groups in total. The Bertz CT molecular complexity index is 429. The molecule has 3 aliphatic carbocycles. The van der Waals surface area contributed by atoms with Crippen LogP contribution in [-0.2, 0) is 4.79 Å². The van der Waals surface area contributed by atoms with Crippen molar-refractivity contribution >= 4 is 5.91 Å². The summed E-state index contributed by atoms with van der Waals surface area (Å²) in [7, 11) is 0. The molecule has 102 valence electrons. The first-order valence-electron chi connectivity index (χ1n) is 7.29. The van der Waals surface area contributed by atoms with Crippen molar-refractivity contribution in [2.75, 3.05) is 6.54 Å². The Morgan fingerprint density at radius 3 is 2.58 bits per heavy atom. The first kappa shape index (κ1) is 12.7. The van der Waals surface area contributed by atoms with Crippen LogP contribution < -0.4 is 5.73 Å². The fourth-order valence-electron chi connectivity index (χ4n) is 4.05. The van der Waals surface area contributed by atoms with Gasteiger partial charge in [-0.1, -0.05) is 6.08 Å². The quantitative estimate of drug-likeness (QED) is 0.765. The van der Waals surface area contributed by atoms with E-state index in [1.54, 1.807) is 11.0 Å². The molecule has 3 saturated carbocycles. The fourth-order valence-corrected chi connectivity index (χ4v) is 4.05. The van der Waals surface area contributed by atoms with Crippen molar-refractivity contribution in [3.05, 3.63) is 12.2 Å². The van der Waals surface area contributed by atoms with Crippen molar-refractivity contribution < 1.29 is 4.79 Å². The highest BCUT2D eigenvalue weighted by molar-refractivity contribution is 5.84. The molecule has 4 rings (SSSR count). The Kier molecular flexibility index (Phi) is 3.10. The zero-order chi connectivity index (χ0) is 13.5. The smallest absolute Gasteiger partial charge is 0.241 e. The molecule has 4 aliphatic rings. The molecule has 0 radical (unpaired) electrons. The molecule has 0 aromatic carbocycles. The molecule has 19 heavy (non-hydrogen) atoms. The van der Waals surface area contributed by atoms with Crippen molar-refractivity contribution in [2.24, 2.45) is 17.1 Å². The molecule has 0 saturated heterocycles. The number of fused-ring (bicyclic) bond motifs is 3. The summed E-state index contributed by atoms with van der Waals surface area (Å²) in [5, 5.41) is 9.07. The third-order valence-electron chi connectivity index (χ3n) is 5.45. The molecule has 2 bridgehead atoms. The van der Waals surface area contributed by atoms with Gasteiger partial charge in [-0.3, -0.25) is 4.79 Å². The Morgan fingerprint density at radius 2 is 2.00 bits per heavy atom. The number of nitriles is 1. The minimum Gasteiger partial charge on any atom is -0.319 e. The average molecular weight is 259 g/mol. The average Bonchev–Trinajstić information content (AvgIpc) is 2.96. The largest absolute Gasteiger partial charge is 0.319 e. The van der Waals surface area contributed by atoms with Gasteiger partial charge in [0.25, 0.3) is 0 Å². The third-order valence-corrected chi connectivity index (χ3v) is 5.45. The van der Waals surface area contributed by atoms with Crippen LogP contribution >= 0.6 is 0 Å². The molecule has 0 aromatic rings. The molecule has 0 spiro atoms. The van der Waals surface area contributed by atoms with Crippen molar-refractivity contribution in [2.45, 2.75) is 50.6 Å². The van der Waals surface area contributed by atoms with Gasteiger partial charge in [0.2, 0.25) is 5.91 Å². The summed E-state index contributed by atoms with van der Waals surface area (Å²) in [6.45, 7) is 0.531. The summed E-state index contributed by atoms with van der Waals surface area (Å²) in [5.41, 5.74) is 6.34. The molecule has 4 heteroatoms. The molecular weight excluding hydrogens is 238 g/mol. The normalized spacial score (nSPS) is 38.2. The molecular formula is C15H21N3O. The Labute approximate surface area is 114 Å². The minimum absolute atomic E-state index is 0.00836. The molecule has 2 atom stereocenters. The maximum absolute atomic E-state index is 12.6. The zero-order valence-corrected chi connectivity index (χ0v) is 11.2. The second-order valence-corrected chi connectivity index (χ2v) is 6.31. The van der Waals surface area contributed by atoms with E-state index in [1.165, 1.54) is 19.3 Å². The van der Waals surface area contributed by atoms with E-state index < -0.39 is 12.1 Å². The Hall–Kier alpha value is -1.34. The van der Waals surface area contributed by atoms with E-state index in [1.807, 2.05) is 6.08 Å². The van der Waals surface area contributed by atoms with Gasteiger partial charge in [0, 0.05) is 6.54 Å². The lowest BCUT2D eigenvalue weighted by molar-refractivity contribution is -0.137. The van der Waals surface area contributed by atoms with E-state index in [-0.39, 0.29) is 11.3 Å². The molecule has 1 heterocycles. The summed E-state index contributed by atoms with van der Waals surface area (Å²) < 4.78 is 0. The fraction of sp³-hybridized carbons (Fsp3) is 0.733. The standard InChI is InChI=1S/C15H21N3O/c16-10-12-2-1-9-18(12)14(19)13(17)15-6-3-11(4-7-15)5-8-15/h1-2,11-13H,3-9,17H2/t11?,12-,13+,15?/m0/s1. The highest BCUT2D eigenvalue weighted by atomic mass is 16.2. The number of hydrogen-bond donors (Lipinski definition) is 1. The van der Waals surface area contributed by atoms with Crippen LogP contribution in [0.15, 0.2) is 12.2 Å². The predicted molar refractivity (Wildman–Crippen MR) is 71.9 cm³/mol. The van der Waals surface area contributed by atoms with E-state index in [4.69, 9.17) is 11.0 Å². The number of nitrogens with zero attached hydrogens (tertiary/aromatic N) is 2. The third kappa shape index (κ3) is 1.97. The van der Waals surface area contributed by atoms with Crippen molar-refractivity contribution in [3.63, 3.8) is 0 Å². The number of carbonyl (C=O) groups is 1. The van der Waals surface area contributed by atoms with Crippen LogP contribution in [0.2, 0.25) is 0 Å². The lowest BCUT2D eigenvalue weighted by Gasteiger charge is -2.49. The highest BCUT2D eigenvalue weighted by Crippen LogP contribution is 2.52. The second-order valence-electron chi connectivity index (χ2n) is 6.31. The topological polar surface area (TPSA) is 70.1 Å². The summed E-state index contributed by atoms with van der Waals surface area (Å²) >= 11 is 0. The van der Waals surface area contributed by atoms with Gasteiger partial charge in [-0.05, 0) is 55.9 Å². The van der Waals surface area contributed by atoms with E-state index in [0.29, 0.717) is 6.54 Å². The Balaban J connectivity index is 1.75. The summed E-state index contributed by atoms with van der Waals surface area (Å²) in [4.78, 5) is 14.2. The maximum Gasteiger partial charge on any atom is 0.241 e. The van der Waals surface area contributed by atoms with Gasteiger partial charge < -0.3 is 10.6 Å². The van der Waals surface area contributed by atoms with Gasteiger partial charge >= 0.3 is 0 Å². The molecule has 0 unspecified atom stereocenters. The molecule has 4 nitrogen and oxygen atoms in total. The lowest BCUT2D eigenvalue weighted by atomic mass is 9.57. The summed E-state index contributed by atoms with van der Waals surface area (Å²) in [5.74, 6) is 0.835. The SMILES string of the molecule is N#C[C@@H]1C=CCN1C(=O)[C@@H](N)C12CCC(CC1)CC2. The lowest BCUT2D eigenvalue weighted by Crippen LogP contribution is -2.57. The van der Waals surface area contributed by atoms with Gasteiger partial charge in [0.05, 0.1) is 12.1 Å². The monoisotopic (exact) mass is 259 g/mol. The highest BCUT2D eigenvalue weighted by Gasteiger charge is 2.48. The van der Waals surface area contributed by atoms with Crippen LogP contribution in [0.1, 0.15) is 38.5 Å². The van der Waals surface area contributed by atoms with Crippen LogP contribution in [0, 0.1) is 22.7 Å².